The highest BCUT2D eigenvalue weighted by molar-refractivity contribution is 7.90. The first-order chi connectivity index (χ1) is 70.3. The first-order valence-corrected chi connectivity index (χ1v) is 58.4. The van der Waals surface area contributed by atoms with E-state index in [1.807, 2.05) is 57.2 Å². The van der Waals surface area contributed by atoms with Crippen LogP contribution in [0.3, 0.4) is 0 Å². The number of sulfone groups is 1. The molecule has 1 amide bonds. The minimum absolute atomic E-state index is 0.161. The van der Waals surface area contributed by atoms with Gasteiger partial charge in [0.2, 0.25) is 10.0 Å². The molecule has 24 nitrogen and oxygen atoms in total. The normalized spacial score (nSPS) is 19.7. The summed E-state index contributed by atoms with van der Waals surface area (Å²) < 4.78 is 52.4. The predicted molar refractivity (Wildman–Crippen MR) is 606 cm³/mol. The number of anilines is 4. The Hall–Kier alpha value is -9.75. The highest BCUT2D eigenvalue weighted by Crippen LogP contribution is 2.42. The van der Waals surface area contributed by atoms with Crippen LogP contribution < -0.4 is 40.3 Å². The molecule has 26 heteroatoms. The summed E-state index contributed by atoms with van der Waals surface area (Å²) in [6.07, 6.45) is 24.8. The molecular formula is C120H166N18O6S2. The van der Waals surface area contributed by atoms with E-state index in [0.29, 0.717) is 52.2 Å². The topological polar surface area (TPSA) is 226 Å². The van der Waals surface area contributed by atoms with Crippen LogP contribution in [0.1, 0.15) is 184 Å². The van der Waals surface area contributed by atoms with Crippen LogP contribution in [-0.4, -0.2) is 305 Å². The van der Waals surface area contributed by atoms with Crippen LogP contribution in [0.15, 0.2) is 198 Å². The van der Waals surface area contributed by atoms with Crippen molar-refractivity contribution in [2.24, 2.45) is 11.8 Å². The number of benzene rings is 8. The summed E-state index contributed by atoms with van der Waals surface area (Å²) in [5.74, 6) is 1.60. The van der Waals surface area contributed by atoms with Crippen LogP contribution in [-0.2, 0) is 31.1 Å². The van der Waals surface area contributed by atoms with E-state index in [2.05, 4.69) is 273 Å². The monoisotopic (exact) mass is 2020 g/mol. The number of piperazine rings is 2. The smallest absolute Gasteiger partial charge is 0.277 e. The van der Waals surface area contributed by atoms with Crippen LogP contribution in [0.2, 0.25) is 0 Å². The molecule has 8 aliphatic heterocycles. The third-order valence-electron chi connectivity index (χ3n) is 33.6. The molecule has 8 saturated heterocycles. The molecule has 11 aromatic rings. The van der Waals surface area contributed by atoms with Crippen molar-refractivity contribution in [3.8, 4) is 33.8 Å². The van der Waals surface area contributed by atoms with Crippen molar-refractivity contribution in [1.29, 1.82) is 0 Å². The van der Waals surface area contributed by atoms with E-state index in [1.54, 1.807) is 25.2 Å². The zero-order valence-electron chi connectivity index (χ0n) is 89.6. The molecule has 21 rings (SSSR count). The fourth-order valence-corrected chi connectivity index (χ4v) is 26.4. The van der Waals surface area contributed by atoms with Gasteiger partial charge < -0.3 is 65.2 Å². The predicted octanol–water partition coefficient (Wildman–Crippen LogP) is 19.4. The van der Waals surface area contributed by atoms with E-state index in [9.17, 15) is 21.6 Å². The number of aromatic amines is 3. The molecule has 7 N–H and O–H groups in total. The van der Waals surface area contributed by atoms with Gasteiger partial charge in [-0.2, -0.15) is 0 Å². The number of piperidine rings is 6. The van der Waals surface area contributed by atoms with Gasteiger partial charge in [0.15, 0.2) is 9.84 Å². The highest BCUT2D eigenvalue weighted by Gasteiger charge is 2.44. The van der Waals surface area contributed by atoms with Gasteiger partial charge in [-0.3, -0.25) is 24.3 Å². The largest absolute Gasteiger partial charge is 0.371 e. The number of nitrogens with one attached hydrogen (secondary N) is 7. The molecule has 146 heavy (non-hydrogen) atoms. The lowest BCUT2D eigenvalue weighted by molar-refractivity contribution is -0.0756. The van der Waals surface area contributed by atoms with Gasteiger partial charge in [0, 0.05) is 269 Å². The molecule has 0 atom stereocenters. The number of hydroxylamine groups is 2. The van der Waals surface area contributed by atoms with E-state index in [4.69, 9.17) is 4.84 Å². The number of likely N-dealkylation sites (tertiary alicyclic amines) is 2. The van der Waals surface area contributed by atoms with Crippen LogP contribution in [0.25, 0.3) is 78.1 Å². The van der Waals surface area contributed by atoms with Crippen LogP contribution in [0.4, 0.5) is 22.7 Å². The second kappa shape index (κ2) is 47.6. The number of hydrogen-bond acceptors (Lipinski definition) is 19. The number of amides is 1. The number of nitrogens with zero attached hydrogens (tertiary/aromatic N) is 11. The maximum absolute atomic E-state index is 12.8. The summed E-state index contributed by atoms with van der Waals surface area (Å²) in [5, 5.41) is 16.2. The fraction of sp³-hybridized carbons (Fsp3) is 0.525. The summed E-state index contributed by atoms with van der Waals surface area (Å²) in [6.45, 7) is 43.9. The summed E-state index contributed by atoms with van der Waals surface area (Å²) in [7, 11) is 0.819. The van der Waals surface area contributed by atoms with Crippen molar-refractivity contribution >= 4 is 92.9 Å². The Balaban J connectivity index is 0.000000128. The number of sulfonamides is 1. The minimum Gasteiger partial charge on any atom is -0.371 e. The summed E-state index contributed by atoms with van der Waals surface area (Å²) in [6, 6.07) is 68.6. The number of fused-ring (bicyclic) bond motifs is 4. The quantitative estimate of drug-likeness (QED) is 0.0238. The van der Waals surface area contributed by atoms with Crippen molar-refractivity contribution in [1.82, 2.24) is 70.1 Å². The molecule has 2 aliphatic carbocycles. The molecule has 0 spiro atoms. The Bertz CT molecular complexity index is 6420. The Labute approximate surface area is 871 Å². The van der Waals surface area contributed by atoms with Gasteiger partial charge >= 0.3 is 0 Å². The SMILES string of the molecule is CC(C)N1CCC(CC2CCN(c3cccc(-c4cc5cc(S(=O)(=O)NC(C)(C)C)ccc5[nH]4)c3)CC2)CC1.CN1CCN(C2(CNC3CCN(c4cccc(C5=Cc6cc(S(C)(=O)=O)ccc6C5)c4)CC3)CCC2)CC1.CON(C)C(=O)c1ccc2[nH]c(-c3cccc(N4CCC(NCCN5CCN(C(C)C)CC5)CC4)c3)cc2c1.Cc1c(-c2cc3ccccc3[nH]2)cccc1N1CCC(NC2CCN(C)CC2)CC1. The second-order valence-electron chi connectivity index (χ2n) is 45.5. The number of H-pyrrole nitrogens is 3. The number of likely N-dealkylation sites (N-methyl/N-ethyl adjacent to an activating group) is 1. The van der Waals surface area contributed by atoms with Gasteiger partial charge in [-0.25, -0.2) is 26.6 Å². The molecule has 0 unspecified atom stereocenters. The van der Waals surface area contributed by atoms with E-state index in [0.717, 1.165) is 140 Å². The Morgan fingerprint density at radius 1 is 0.486 bits per heavy atom. The van der Waals surface area contributed by atoms with Gasteiger partial charge in [0.05, 0.1) is 16.9 Å². The molecule has 3 aromatic heterocycles. The zero-order chi connectivity index (χ0) is 102. The summed E-state index contributed by atoms with van der Waals surface area (Å²) >= 11 is 0. The number of rotatable bonds is 27. The maximum Gasteiger partial charge on any atom is 0.277 e. The molecule has 10 aliphatic rings. The molecular weight excluding hydrogens is 1850 g/mol. The van der Waals surface area contributed by atoms with E-state index >= 15 is 0 Å². The number of aromatic nitrogens is 3. The average Bonchev–Trinajstić information content (AvgIpc) is 1.16. The number of para-hydroxylation sites is 1. The Morgan fingerprint density at radius 3 is 1.56 bits per heavy atom. The van der Waals surface area contributed by atoms with Gasteiger partial charge in [-0.1, -0.05) is 78.9 Å². The minimum atomic E-state index is -3.58. The first kappa shape index (κ1) is 106. The van der Waals surface area contributed by atoms with E-state index in [-0.39, 0.29) is 10.8 Å². The third kappa shape index (κ3) is 26.8. The van der Waals surface area contributed by atoms with E-state index in [1.165, 1.54) is 267 Å². The molecule has 1 saturated carbocycles. The molecule has 0 bridgehead atoms. The third-order valence-corrected chi connectivity index (χ3v) is 36.5. The van der Waals surface area contributed by atoms with Gasteiger partial charge in [0.1, 0.15) is 0 Å². The zero-order valence-corrected chi connectivity index (χ0v) is 91.2. The number of allylic oxidation sites excluding steroid dienone is 1. The fourth-order valence-electron chi connectivity index (χ4n) is 24.2. The van der Waals surface area contributed by atoms with Gasteiger partial charge in [0.25, 0.3) is 5.91 Å². The maximum atomic E-state index is 12.8. The van der Waals surface area contributed by atoms with Crippen LogP contribution in [0.5, 0.6) is 0 Å². The lowest BCUT2D eigenvalue weighted by Gasteiger charge is -2.53. The molecule has 8 aromatic carbocycles. The first-order valence-electron chi connectivity index (χ1n) is 55.0. The molecule has 9 fully saturated rings. The molecule has 0 radical (unpaired) electrons. The van der Waals surface area contributed by atoms with E-state index < -0.39 is 25.4 Å². The van der Waals surface area contributed by atoms with Crippen molar-refractivity contribution in [2.75, 3.05) is 205 Å². The standard InChI is InChI=1S/C32H46N4O2S.C31H44N6O2.C31H42N4O2S.C26H34N4/c1-23(2)35-15-11-24(12-16-35)19-25-13-17-36(18-14-25)28-8-6-7-26(20-28)31-22-27-21-29(9-10-30(27)33-31)39(37,38)34-32(3,4)5;1-23(2)36-18-16-35(17-19-36)15-12-32-27-10-13-37(14-11-27)28-7-5-6-24(21-28)30-22-26-20-25(8-9-29(26)33-30)31(38)34(3)39-4;1-33-15-17-35(18-16-33)31(11-4-12-31)23-32-28-9-13-34(14-10-28)29-6-3-5-24(21-29)26-19-25-7-8-30(38(2,36)37)22-27(25)20-26;1-19-23(25-18-20-6-3-4-8-24(20)28-25)7-5-9-26(19)30-16-12-22(13-17-30)27-21-10-14-29(2)15-11-21/h6-10,20-25,33-34H,11-19H2,1-5H3;5-9,20-23,27,32-33H,10-19H2,1-4H3;3,5-8,20-22,28,32H,4,9-19,23H2,1-2H3;3-9,18,21-22,27-28H,10-17H2,1-2H3. The van der Waals surface area contributed by atoms with Crippen LogP contribution >= 0.6 is 0 Å². The number of carbonyl (C=O) groups excluding carboxylic acids is 1. The van der Waals surface area contributed by atoms with Crippen molar-refractivity contribution in [2.45, 2.75) is 222 Å². The average molecular weight is 2020 g/mol. The highest BCUT2D eigenvalue weighted by atomic mass is 32.2. The summed E-state index contributed by atoms with van der Waals surface area (Å²) in [5.41, 5.74) is 21.8. The van der Waals surface area contributed by atoms with Crippen molar-refractivity contribution in [3.05, 3.63) is 216 Å². The summed E-state index contributed by atoms with van der Waals surface area (Å²) in [4.78, 5) is 54.5. The Kier molecular flexibility index (Phi) is 34.6. The van der Waals surface area contributed by atoms with Crippen LogP contribution in [0, 0.1) is 18.8 Å². The lowest BCUT2D eigenvalue weighted by Crippen LogP contribution is -2.64. The van der Waals surface area contributed by atoms with Gasteiger partial charge in [-0.05, 0) is 371 Å². The second-order valence-corrected chi connectivity index (χ2v) is 49.2. The number of hydrogen-bond donors (Lipinski definition) is 7. The lowest BCUT2D eigenvalue weighted by atomic mass is 9.74. The molecule has 784 valence electrons. The van der Waals surface area contributed by atoms with Gasteiger partial charge in [-0.15, -0.1) is 0 Å². The molecule has 11 heterocycles. The number of carbonyl (C=O) groups is 1. The van der Waals surface area contributed by atoms with Crippen molar-refractivity contribution < 1.29 is 26.5 Å². The van der Waals surface area contributed by atoms with Crippen molar-refractivity contribution in [3.63, 3.8) is 0 Å². The Morgan fingerprint density at radius 2 is 0.986 bits per heavy atom.